The van der Waals surface area contributed by atoms with E-state index in [4.69, 9.17) is 10.8 Å². The largest absolute Gasteiger partial charge is 0.399 e. The number of aliphatic hydroxyl groups excluding tert-OH is 1. The summed E-state index contributed by atoms with van der Waals surface area (Å²) in [5.41, 5.74) is 7.31. The van der Waals surface area contributed by atoms with Crippen LogP contribution in [0.2, 0.25) is 0 Å². The Morgan fingerprint density at radius 1 is 1.44 bits per heavy atom. The number of benzene rings is 1. The SMILES string of the molecule is CC(CO)Sc1ncnc2ccc(N)cc12. The van der Waals surface area contributed by atoms with Crippen LogP contribution in [-0.4, -0.2) is 26.9 Å². The monoisotopic (exact) mass is 235 g/mol. The van der Waals surface area contributed by atoms with Crippen molar-refractivity contribution in [3.05, 3.63) is 24.5 Å². The van der Waals surface area contributed by atoms with Gasteiger partial charge in [-0.05, 0) is 18.2 Å². The third-order valence-electron chi connectivity index (χ3n) is 2.19. The van der Waals surface area contributed by atoms with Gasteiger partial charge in [-0.2, -0.15) is 0 Å². The van der Waals surface area contributed by atoms with E-state index in [1.165, 1.54) is 18.1 Å². The summed E-state index contributed by atoms with van der Waals surface area (Å²) in [5, 5.41) is 10.9. The third-order valence-corrected chi connectivity index (χ3v) is 3.29. The second-order valence-electron chi connectivity index (χ2n) is 3.57. The quantitative estimate of drug-likeness (QED) is 0.481. The molecule has 84 valence electrons. The van der Waals surface area contributed by atoms with Gasteiger partial charge in [-0.15, -0.1) is 11.8 Å². The summed E-state index contributed by atoms with van der Waals surface area (Å²) < 4.78 is 0. The summed E-state index contributed by atoms with van der Waals surface area (Å²) in [6.45, 7) is 2.07. The van der Waals surface area contributed by atoms with Gasteiger partial charge in [-0.25, -0.2) is 9.97 Å². The summed E-state index contributed by atoms with van der Waals surface area (Å²) in [6, 6.07) is 5.56. The van der Waals surface area contributed by atoms with Crippen LogP contribution in [0.15, 0.2) is 29.6 Å². The van der Waals surface area contributed by atoms with Gasteiger partial charge in [-0.3, -0.25) is 0 Å². The Kier molecular flexibility index (Phi) is 3.26. The molecule has 2 rings (SSSR count). The molecule has 0 saturated heterocycles. The molecular weight excluding hydrogens is 222 g/mol. The van der Waals surface area contributed by atoms with Crippen LogP contribution in [0.4, 0.5) is 5.69 Å². The maximum atomic E-state index is 9.03. The van der Waals surface area contributed by atoms with E-state index in [1.54, 1.807) is 0 Å². The number of nitrogens with two attached hydrogens (primary N) is 1. The smallest absolute Gasteiger partial charge is 0.117 e. The molecule has 1 aromatic carbocycles. The van der Waals surface area contributed by atoms with Crippen LogP contribution in [-0.2, 0) is 0 Å². The van der Waals surface area contributed by atoms with Gasteiger partial charge in [0.05, 0.1) is 12.1 Å². The highest BCUT2D eigenvalue weighted by Gasteiger charge is 2.08. The van der Waals surface area contributed by atoms with Gasteiger partial charge in [0.15, 0.2) is 0 Å². The normalized spacial score (nSPS) is 12.9. The van der Waals surface area contributed by atoms with Crippen molar-refractivity contribution in [2.75, 3.05) is 12.3 Å². The molecule has 1 atom stereocenters. The van der Waals surface area contributed by atoms with Gasteiger partial charge in [0.1, 0.15) is 11.4 Å². The number of nitrogens with zero attached hydrogens (tertiary/aromatic N) is 2. The van der Waals surface area contributed by atoms with Crippen molar-refractivity contribution in [2.24, 2.45) is 0 Å². The van der Waals surface area contributed by atoms with Crippen molar-refractivity contribution in [2.45, 2.75) is 17.2 Å². The van der Waals surface area contributed by atoms with Gasteiger partial charge < -0.3 is 10.8 Å². The van der Waals surface area contributed by atoms with Gasteiger partial charge in [0.25, 0.3) is 0 Å². The zero-order valence-electron chi connectivity index (χ0n) is 8.92. The van der Waals surface area contributed by atoms with Crippen molar-refractivity contribution in [3.63, 3.8) is 0 Å². The van der Waals surface area contributed by atoms with Gasteiger partial charge in [0.2, 0.25) is 0 Å². The Hall–Kier alpha value is -1.33. The fraction of sp³-hybridized carbons (Fsp3) is 0.273. The number of hydrogen-bond acceptors (Lipinski definition) is 5. The van der Waals surface area contributed by atoms with Crippen LogP contribution in [0, 0.1) is 0 Å². The Balaban J connectivity index is 2.47. The first-order valence-electron chi connectivity index (χ1n) is 4.98. The van der Waals surface area contributed by atoms with E-state index < -0.39 is 0 Å². The van der Waals surface area contributed by atoms with Crippen molar-refractivity contribution in [3.8, 4) is 0 Å². The van der Waals surface area contributed by atoms with Crippen molar-refractivity contribution in [1.82, 2.24) is 9.97 Å². The molecule has 0 amide bonds. The van der Waals surface area contributed by atoms with Gasteiger partial charge >= 0.3 is 0 Å². The number of anilines is 1. The Labute approximate surface area is 97.9 Å². The molecule has 1 aromatic heterocycles. The van der Waals surface area contributed by atoms with E-state index in [0.29, 0.717) is 5.69 Å². The van der Waals surface area contributed by atoms with E-state index in [2.05, 4.69) is 9.97 Å². The predicted octanol–water partition coefficient (Wildman–Crippen LogP) is 1.68. The average molecular weight is 235 g/mol. The summed E-state index contributed by atoms with van der Waals surface area (Å²) in [4.78, 5) is 8.39. The maximum absolute atomic E-state index is 9.03. The zero-order valence-corrected chi connectivity index (χ0v) is 9.74. The van der Waals surface area contributed by atoms with Crippen LogP contribution in [0.3, 0.4) is 0 Å². The molecule has 0 bridgehead atoms. The summed E-state index contributed by atoms with van der Waals surface area (Å²) in [6.07, 6.45) is 1.53. The highest BCUT2D eigenvalue weighted by atomic mass is 32.2. The van der Waals surface area contributed by atoms with E-state index in [-0.39, 0.29) is 11.9 Å². The molecule has 1 heterocycles. The molecule has 1 unspecified atom stereocenters. The summed E-state index contributed by atoms with van der Waals surface area (Å²) in [5.74, 6) is 0. The minimum Gasteiger partial charge on any atom is -0.399 e. The number of fused-ring (bicyclic) bond motifs is 1. The molecule has 16 heavy (non-hydrogen) atoms. The first-order chi connectivity index (χ1) is 7.70. The third kappa shape index (κ3) is 2.25. The lowest BCUT2D eigenvalue weighted by Gasteiger charge is -2.09. The molecule has 4 nitrogen and oxygen atoms in total. The minimum atomic E-state index is 0.111. The second-order valence-corrected chi connectivity index (χ2v) is 4.99. The molecule has 0 fully saturated rings. The number of thioether (sulfide) groups is 1. The lowest BCUT2D eigenvalue weighted by Crippen LogP contribution is -2.02. The van der Waals surface area contributed by atoms with Crippen LogP contribution in [0.25, 0.3) is 10.9 Å². The Morgan fingerprint density at radius 3 is 3.00 bits per heavy atom. The highest BCUT2D eigenvalue weighted by Crippen LogP contribution is 2.28. The summed E-state index contributed by atoms with van der Waals surface area (Å²) in [7, 11) is 0. The van der Waals surface area contributed by atoms with E-state index in [1.807, 2.05) is 25.1 Å². The molecule has 5 heteroatoms. The molecule has 3 N–H and O–H groups in total. The summed E-state index contributed by atoms with van der Waals surface area (Å²) >= 11 is 1.53. The number of nitrogen functional groups attached to an aromatic ring is 1. The minimum absolute atomic E-state index is 0.111. The Morgan fingerprint density at radius 2 is 2.25 bits per heavy atom. The van der Waals surface area contributed by atoms with Crippen LogP contribution in [0.1, 0.15) is 6.92 Å². The molecule has 0 aliphatic rings. The molecule has 0 spiro atoms. The van der Waals surface area contributed by atoms with E-state index in [9.17, 15) is 0 Å². The van der Waals surface area contributed by atoms with Crippen LogP contribution in [0.5, 0.6) is 0 Å². The lowest BCUT2D eigenvalue weighted by atomic mass is 10.2. The first kappa shape index (κ1) is 11.2. The van der Waals surface area contributed by atoms with Crippen molar-refractivity contribution in [1.29, 1.82) is 0 Å². The van der Waals surface area contributed by atoms with Crippen molar-refractivity contribution >= 4 is 28.4 Å². The second kappa shape index (κ2) is 4.67. The van der Waals surface area contributed by atoms with Gasteiger partial charge in [0, 0.05) is 16.3 Å². The molecule has 0 saturated carbocycles. The number of rotatable bonds is 3. The zero-order chi connectivity index (χ0) is 11.5. The topological polar surface area (TPSA) is 72.0 Å². The molecule has 0 aliphatic carbocycles. The van der Waals surface area contributed by atoms with Crippen LogP contribution >= 0.6 is 11.8 Å². The number of aliphatic hydroxyl groups is 1. The van der Waals surface area contributed by atoms with Gasteiger partial charge in [-0.1, -0.05) is 6.92 Å². The molecule has 2 aromatic rings. The van der Waals surface area contributed by atoms with E-state index in [0.717, 1.165) is 15.9 Å². The number of aromatic nitrogens is 2. The average Bonchev–Trinajstić information content (AvgIpc) is 2.29. The maximum Gasteiger partial charge on any atom is 0.117 e. The fourth-order valence-electron chi connectivity index (χ4n) is 1.37. The lowest BCUT2D eigenvalue weighted by molar-refractivity contribution is 0.300. The molecular formula is C11H13N3OS. The molecule has 0 aliphatic heterocycles. The standard InChI is InChI=1S/C11H13N3OS/c1-7(5-15)16-11-9-4-8(12)2-3-10(9)13-6-14-11/h2-4,6-7,15H,5,12H2,1H3. The highest BCUT2D eigenvalue weighted by molar-refractivity contribution is 8.00. The fourth-order valence-corrected chi connectivity index (χ4v) is 2.23. The molecule has 0 radical (unpaired) electrons. The Bertz CT molecular complexity index is 504. The van der Waals surface area contributed by atoms with Crippen LogP contribution < -0.4 is 5.73 Å². The predicted molar refractivity (Wildman–Crippen MR) is 66.4 cm³/mol. The van der Waals surface area contributed by atoms with E-state index >= 15 is 0 Å². The first-order valence-corrected chi connectivity index (χ1v) is 5.86. The van der Waals surface area contributed by atoms with Crippen molar-refractivity contribution < 1.29 is 5.11 Å². The number of hydrogen-bond donors (Lipinski definition) is 2.